The Hall–Kier alpha value is -2.56. The van der Waals surface area contributed by atoms with E-state index in [1.807, 2.05) is 0 Å². The van der Waals surface area contributed by atoms with Crippen LogP contribution in [0.4, 0.5) is 17.6 Å². The second kappa shape index (κ2) is 11.7. The largest absolute Gasteiger partial charge is 0.490 e. The number of alkyl halides is 3. The first-order valence-electron chi connectivity index (χ1n) is 12.9. The van der Waals surface area contributed by atoms with E-state index in [2.05, 4.69) is 0 Å². The van der Waals surface area contributed by atoms with Crippen LogP contribution in [-0.2, 0) is 10.4 Å². The summed E-state index contributed by atoms with van der Waals surface area (Å²) < 4.78 is 61.7. The monoisotopic (exact) mass is 604 g/mol. The number of nitrogens with zero attached hydrogens (tertiary/aromatic N) is 2. The minimum absolute atomic E-state index is 0.00184. The molecule has 40 heavy (non-hydrogen) atoms. The minimum atomic E-state index is -5.37. The van der Waals surface area contributed by atoms with Crippen molar-refractivity contribution in [3.63, 3.8) is 0 Å². The maximum atomic E-state index is 14.0. The molecular weight excluding hydrogens is 575 g/mol. The molecule has 4 rings (SSSR count). The van der Waals surface area contributed by atoms with Gasteiger partial charge in [0.15, 0.2) is 0 Å². The van der Waals surface area contributed by atoms with E-state index in [0.717, 1.165) is 36.3 Å². The number of ether oxygens (including phenoxy) is 1. The number of aliphatic hydroxyl groups is 1. The number of amides is 2. The first-order valence-corrected chi connectivity index (χ1v) is 13.7. The molecule has 0 spiro atoms. The van der Waals surface area contributed by atoms with Crippen molar-refractivity contribution in [3.05, 3.63) is 63.4 Å². The van der Waals surface area contributed by atoms with Crippen LogP contribution in [0.3, 0.4) is 0 Å². The number of carbonyl (C=O) groups is 2. The zero-order chi connectivity index (χ0) is 29.4. The summed E-state index contributed by atoms with van der Waals surface area (Å²) in [4.78, 5) is 27.5. The third-order valence-corrected chi connectivity index (χ3v) is 8.17. The molecule has 1 saturated heterocycles. The summed E-state index contributed by atoms with van der Waals surface area (Å²) in [6, 6.07) is 7.00. The zero-order valence-corrected chi connectivity index (χ0v) is 23.5. The van der Waals surface area contributed by atoms with Crippen LogP contribution >= 0.6 is 23.2 Å². The molecule has 0 aromatic heterocycles. The molecule has 1 heterocycles. The van der Waals surface area contributed by atoms with Crippen LogP contribution in [0.25, 0.3) is 0 Å². The SMILES string of the molecule is CN(C)C(=O)c1ccc(O[C@H]2C[C@@H](CC3CCN(C(=O)C(O)(c4cc(F)cc(Cl)c4)C(F)(F)F)CC3)C2)cc1Cl. The van der Waals surface area contributed by atoms with Crippen LogP contribution in [-0.4, -0.2) is 66.2 Å². The number of hydrogen-bond donors (Lipinski definition) is 1. The van der Waals surface area contributed by atoms with Gasteiger partial charge in [0.1, 0.15) is 11.6 Å². The second-order valence-electron chi connectivity index (χ2n) is 10.8. The Balaban J connectivity index is 1.28. The Morgan fingerprint density at radius 2 is 1.70 bits per heavy atom. The van der Waals surface area contributed by atoms with E-state index < -0.39 is 29.1 Å². The van der Waals surface area contributed by atoms with Crippen LogP contribution in [0.1, 0.15) is 48.0 Å². The highest BCUT2D eigenvalue weighted by Gasteiger charge is 2.62. The van der Waals surface area contributed by atoms with Crippen molar-refractivity contribution < 1.29 is 37.0 Å². The van der Waals surface area contributed by atoms with Gasteiger partial charge in [-0.2, -0.15) is 13.2 Å². The molecule has 0 bridgehead atoms. The third-order valence-electron chi connectivity index (χ3n) is 7.64. The molecule has 0 radical (unpaired) electrons. The standard InChI is InChI=1S/C28H30Cl2F4N2O4/c1-35(2)25(37)23-4-3-21(15-24(23)30)40-22-10-17(11-22)9-16-5-7-36(8-6-16)26(38)27(39,28(32,33)34)18-12-19(29)14-20(31)13-18/h3-4,12-17,22,39H,5-11H2,1-2H3/t17-,22+,27?. The van der Waals surface area contributed by atoms with Gasteiger partial charge < -0.3 is 19.6 Å². The molecule has 12 heteroatoms. The molecule has 1 aliphatic carbocycles. The quantitative estimate of drug-likeness (QED) is 0.389. The molecule has 1 N–H and O–H groups in total. The lowest BCUT2D eigenvalue weighted by atomic mass is 9.74. The van der Waals surface area contributed by atoms with Gasteiger partial charge in [0.05, 0.1) is 16.7 Å². The third kappa shape index (κ3) is 6.34. The van der Waals surface area contributed by atoms with Crippen molar-refractivity contribution in [1.82, 2.24) is 9.80 Å². The number of benzene rings is 2. The van der Waals surface area contributed by atoms with Crippen LogP contribution in [0.15, 0.2) is 36.4 Å². The summed E-state index contributed by atoms with van der Waals surface area (Å²) in [6.45, 7) is 0.0994. The summed E-state index contributed by atoms with van der Waals surface area (Å²) in [5.41, 5.74) is -4.45. The van der Waals surface area contributed by atoms with Gasteiger partial charge in [-0.25, -0.2) is 4.39 Å². The molecule has 2 aliphatic rings. The molecular formula is C28H30Cl2F4N2O4. The molecule has 2 aromatic carbocycles. The average molecular weight is 605 g/mol. The number of rotatable bonds is 7. The Morgan fingerprint density at radius 3 is 2.25 bits per heavy atom. The fraction of sp³-hybridized carbons (Fsp3) is 0.500. The van der Waals surface area contributed by atoms with E-state index in [9.17, 15) is 32.3 Å². The van der Waals surface area contributed by atoms with E-state index in [-0.39, 0.29) is 36.0 Å². The van der Waals surface area contributed by atoms with Crippen molar-refractivity contribution in [1.29, 1.82) is 0 Å². The van der Waals surface area contributed by atoms with E-state index in [1.54, 1.807) is 32.3 Å². The molecule has 1 unspecified atom stereocenters. The van der Waals surface area contributed by atoms with Gasteiger partial charge in [-0.15, -0.1) is 0 Å². The lowest BCUT2D eigenvalue weighted by Gasteiger charge is -2.41. The van der Waals surface area contributed by atoms with Crippen LogP contribution in [0, 0.1) is 17.7 Å². The number of halogens is 6. The fourth-order valence-electron chi connectivity index (χ4n) is 5.38. The summed E-state index contributed by atoms with van der Waals surface area (Å²) in [5, 5.41) is 10.6. The van der Waals surface area contributed by atoms with E-state index in [1.165, 1.54) is 4.90 Å². The smallest absolute Gasteiger partial charge is 0.430 e. The van der Waals surface area contributed by atoms with Crippen molar-refractivity contribution in [2.24, 2.45) is 11.8 Å². The van der Waals surface area contributed by atoms with Crippen molar-refractivity contribution >= 4 is 35.0 Å². The van der Waals surface area contributed by atoms with Gasteiger partial charge in [0.25, 0.3) is 17.4 Å². The molecule has 6 nitrogen and oxygen atoms in total. The van der Waals surface area contributed by atoms with Gasteiger partial charge >= 0.3 is 6.18 Å². The molecule has 218 valence electrons. The lowest BCUT2D eigenvalue weighted by Crippen LogP contribution is -2.57. The lowest BCUT2D eigenvalue weighted by molar-refractivity contribution is -0.262. The first-order chi connectivity index (χ1) is 18.7. The van der Waals surface area contributed by atoms with E-state index >= 15 is 0 Å². The topological polar surface area (TPSA) is 70.1 Å². The highest BCUT2D eigenvalue weighted by atomic mass is 35.5. The second-order valence-corrected chi connectivity index (χ2v) is 11.6. The zero-order valence-electron chi connectivity index (χ0n) is 22.0. The maximum absolute atomic E-state index is 14.0. The van der Waals surface area contributed by atoms with Gasteiger partial charge in [0, 0.05) is 37.8 Å². The molecule has 2 fully saturated rings. The molecule has 1 aliphatic heterocycles. The summed E-state index contributed by atoms with van der Waals surface area (Å²) in [6.07, 6.45) is -1.93. The predicted octanol–water partition coefficient (Wildman–Crippen LogP) is 6.07. The molecule has 1 atom stereocenters. The van der Waals surface area contributed by atoms with E-state index in [4.69, 9.17) is 27.9 Å². The average Bonchev–Trinajstić information content (AvgIpc) is 2.85. The van der Waals surface area contributed by atoms with Gasteiger partial charge in [-0.1, -0.05) is 23.2 Å². The highest BCUT2D eigenvalue weighted by molar-refractivity contribution is 6.34. The van der Waals surface area contributed by atoms with Gasteiger partial charge in [-0.05, 0) is 80.3 Å². The number of hydrogen-bond acceptors (Lipinski definition) is 4. The molecule has 2 aromatic rings. The maximum Gasteiger partial charge on any atom is 0.430 e. The minimum Gasteiger partial charge on any atom is -0.490 e. The predicted molar refractivity (Wildman–Crippen MR) is 142 cm³/mol. The van der Waals surface area contributed by atoms with Crippen molar-refractivity contribution in [3.8, 4) is 5.75 Å². The fourth-order valence-corrected chi connectivity index (χ4v) is 5.86. The number of carbonyl (C=O) groups excluding carboxylic acids is 2. The van der Waals surface area contributed by atoms with Crippen LogP contribution in [0.2, 0.25) is 10.0 Å². The summed E-state index contributed by atoms with van der Waals surface area (Å²) in [5.74, 6) is -1.65. The van der Waals surface area contributed by atoms with Gasteiger partial charge in [-0.3, -0.25) is 9.59 Å². The van der Waals surface area contributed by atoms with Crippen LogP contribution in [0.5, 0.6) is 5.75 Å². The molecule has 1 saturated carbocycles. The van der Waals surface area contributed by atoms with E-state index in [0.29, 0.717) is 41.2 Å². The number of piperidine rings is 1. The Bertz CT molecular complexity index is 1240. The number of likely N-dealkylation sites (tertiary alicyclic amines) is 1. The highest BCUT2D eigenvalue weighted by Crippen LogP contribution is 2.43. The Labute approximate surface area is 239 Å². The van der Waals surface area contributed by atoms with Crippen LogP contribution < -0.4 is 4.74 Å². The molecule has 2 amide bonds. The Kier molecular flexibility index (Phi) is 8.92. The summed E-state index contributed by atoms with van der Waals surface area (Å²) in [7, 11) is 3.29. The van der Waals surface area contributed by atoms with Crippen molar-refractivity contribution in [2.45, 2.75) is 50.0 Å². The summed E-state index contributed by atoms with van der Waals surface area (Å²) >= 11 is 12.0. The normalized spacial score (nSPS) is 21.4. The van der Waals surface area contributed by atoms with Crippen molar-refractivity contribution in [2.75, 3.05) is 27.2 Å². The first kappa shape index (κ1) is 30.4. The Morgan fingerprint density at radius 1 is 1.05 bits per heavy atom. The van der Waals surface area contributed by atoms with Gasteiger partial charge in [0.2, 0.25) is 0 Å².